The van der Waals surface area contributed by atoms with E-state index in [-0.39, 0.29) is 0 Å². The maximum Gasteiger partial charge on any atom is 0.265 e. The molecule has 4 nitrogen and oxygen atoms in total. The first-order chi connectivity index (χ1) is 9.87. The molecule has 0 unspecified atom stereocenters. The van der Waals surface area contributed by atoms with Crippen LogP contribution in [-0.4, -0.2) is 14.3 Å². The van der Waals surface area contributed by atoms with Crippen molar-refractivity contribution in [3.05, 3.63) is 61.6 Å². The number of sulfonamides is 1. The van der Waals surface area contributed by atoms with E-state index in [0.29, 0.717) is 11.1 Å². The van der Waals surface area contributed by atoms with Crippen molar-refractivity contribution in [3.8, 4) is 0 Å². The van der Waals surface area contributed by atoms with Crippen molar-refractivity contribution in [1.82, 2.24) is 4.72 Å². The van der Waals surface area contributed by atoms with Gasteiger partial charge in [-0.15, -0.1) is 11.3 Å². The molecule has 7 heteroatoms. The summed E-state index contributed by atoms with van der Waals surface area (Å²) in [6.45, 7) is 1.74. The summed E-state index contributed by atoms with van der Waals surface area (Å²) in [5, 5.41) is 2.83. The predicted molar refractivity (Wildman–Crippen MR) is 88.6 cm³/mol. The van der Waals surface area contributed by atoms with Crippen molar-refractivity contribution in [1.29, 1.82) is 0 Å². The minimum absolute atomic E-state index is 0.325. The number of carbonyl (C=O) groups excluding carboxylic acids is 1. The third-order valence-corrected chi connectivity index (χ3v) is 4.92. The third-order valence-electron chi connectivity index (χ3n) is 2.62. The zero-order valence-corrected chi connectivity index (χ0v) is 14.3. The number of carbonyl (C=O) groups is 1. The molecule has 0 radical (unpaired) electrons. The van der Waals surface area contributed by atoms with Crippen molar-refractivity contribution in [2.75, 3.05) is 0 Å². The summed E-state index contributed by atoms with van der Waals surface area (Å²) in [4.78, 5) is 12.8. The molecule has 0 spiro atoms. The van der Waals surface area contributed by atoms with E-state index in [1.54, 1.807) is 31.2 Å². The Hall–Kier alpha value is -1.44. The van der Waals surface area contributed by atoms with Crippen LogP contribution in [0.15, 0.2) is 45.6 Å². The number of hydrogen-bond acceptors (Lipinski definition) is 4. The fourth-order valence-electron chi connectivity index (χ4n) is 1.64. The zero-order valence-electron chi connectivity index (χ0n) is 11.0. The van der Waals surface area contributed by atoms with E-state index in [9.17, 15) is 13.2 Å². The lowest BCUT2D eigenvalue weighted by molar-refractivity contribution is 0.0981. The predicted octanol–water partition coefficient (Wildman–Crippen LogP) is 3.55. The van der Waals surface area contributed by atoms with Crippen LogP contribution in [0.3, 0.4) is 0 Å². The van der Waals surface area contributed by atoms with Crippen LogP contribution < -0.4 is 4.72 Å². The summed E-state index contributed by atoms with van der Waals surface area (Å²) in [7, 11) is -3.82. The molecule has 0 aliphatic rings. The average molecular weight is 386 g/mol. The average Bonchev–Trinajstić information content (AvgIpc) is 2.88. The number of nitrogens with one attached hydrogen (secondary N) is 1. The summed E-state index contributed by atoms with van der Waals surface area (Å²) in [6, 6.07) is 8.63. The SMILES string of the molecule is Cc1cc(Br)ccc1C(=O)NS(=O)(=O)C=Cc1cccs1. The lowest BCUT2D eigenvalue weighted by atomic mass is 10.1. The molecule has 0 bridgehead atoms. The molecule has 2 aromatic rings. The lowest BCUT2D eigenvalue weighted by Gasteiger charge is -2.06. The first kappa shape index (κ1) is 15.9. The highest BCUT2D eigenvalue weighted by Gasteiger charge is 2.15. The Balaban J connectivity index is 2.14. The van der Waals surface area contributed by atoms with Crippen LogP contribution in [0.2, 0.25) is 0 Å². The van der Waals surface area contributed by atoms with Gasteiger partial charge in [-0.3, -0.25) is 4.79 Å². The van der Waals surface area contributed by atoms with E-state index in [2.05, 4.69) is 15.9 Å². The second-order valence-corrected chi connectivity index (χ2v) is 7.71. The molecule has 1 N–H and O–H groups in total. The second kappa shape index (κ2) is 6.55. The van der Waals surface area contributed by atoms with E-state index in [1.807, 2.05) is 16.2 Å². The molecule has 21 heavy (non-hydrogen) atoms. The summed E-state index contributed by atoms with van der Waals surface area (Å²) in [6.07, 6.45) is 1.45. The van der Waals surface area contributed by atoms with E-state index < -0.39 is 15.9 Å². The highest BCUT2D eigenvalue weighted by atomic mass is 79.9. The van der Waals surface area contributed by atoms with E-state index in [0.717, 1.165) is 14.8 Å². The number of benzene rings is 1. The van der Waals surface area contributed by atoms with Gasteiger partial charge in [-0.05, 0) is 48.2 Å². The zero-order chi connectivity index (χ0) is 15.5. The number of thiophene rings is 1. The van der Waals surface area contributed by atoms with Gasteiger partial charge in [0.05, 0.1) is 5.41 Å². The Labute approximate surface area is 135 Å². The van der Waals surface area contributed by atoms with Gasteiger partial charge in [0.25, 0.3) is 15.9 Å². The monoisotopic (exact) mass is 385 g/mol. The minimum Gasteiger partial charge on any atom is -0.268 e. The lowest BCUT2D eigenvalue weighted by Crippen LogP contribution is -2.29. The maximum atomic E-state index is 12.0. The second-order valence-electron chi connectivity index (χ2n) is 4.25. The Bertz CT molecular complexity index is 781. The van der Waals surface area contributed by atoms with E-state index >= 15 is 0 Å². The number of rotatable bonds is 4. The molecule has 0 aliphatic carbocycles. The molecule has 1 aromatic carbocycles. The van der Waals surface area contributed by atoms with Gasteiger partial charge in [0.15, 0.2) is 0 Å². The quantitative estimate of drug-likeness (QED) is 0.874. The number of aryl methyl sites for hydroxylation is 1. The highest BCUT2D eigenvalue weighted by Crippen LogP contribution is 2.16. The van der Waals surface area contributed by atoms with Crippen LogP contribution in [0.1, 0.15) is 20.8 Å². The summed E-state index contributed by atoms with van der Waals surface area (Å²) < 4.78 is 26.6. The van der Waals surface area contributed by atoms with Crippen molar-refractivity contribution in [2.45, 2.75) is 6.92 Å². The van der Waals surface area contributed by atoms with Crippen LogP contribution >= 0.6 is 27.3 Å². The van der Waals surface area contributed by atoms with Crippen LogP contribution in [0, 0.1) is 6.92 Å². The first-order valence-corrected chi connectivity index (χ1v) is 9.14. The molecule has 2 rings (SSSR count). The van der Waals surface area contributed by atoms with Gasteiger partial charge >= 0.3 is 0 Å². The van der Waals surface area contributed by atoms with Crippen LogP contribution in [0.25, 0.3) is 6.08 Å². The van der Waals surface area contributed by atoms with Crippen molar-refractivity contribution in [3.63, 3.8) is 0 Å². The minimum atomic E-state index is -3.82. The van der Waals surface area contributed by atoms with Gasteiger partial charge < -0.3 is 0 Å². The van der Waals surface area contributed by atoms with Gasteiger partial charge in [0.2, 0.25) is 0 Å². The first-order valence-electron chi connectivity index (χ1n) is 5.92. The maximum absolute atomic E-state index is 12.0. The number of hydrogen-bond donors (Lipinski definition) is 1. The molecule has 0 fully saturated rings. The molecule has 0 aliphatic heterocycles. The Morgan fingerprint density at radius 1 is 1.33 bits per heavy atom. The Kier molecular flexibility index (Phi) is 4.97. The molecule has 0 saturated carbocycles. The van der Waals surface area contributed by atoms with E-state index in [1.165, 1.54) is 17.4 Å². The Morgan fingerprint density at radius 2 is 2.10 bits per heavy atom. The fourth-order valence-corrected chi connectivity index (χ4v) is 3.58. The summed E-state index contributed by atoms with van der Waals surface area (Å²) >= 11 is 4.71. The van der Waals surface area contributed by atoms with Gasteiger partial charge in [0.1, 0.15) is 0 Å². The Morgan fingerprint density at radius 3 is 2.71 bits per heavy atom. The van der Waals surface area contributed by atoms with E-state index in [4.69, 9.17) is 0 Å². The molecule has 1 heterocycles. The van der Waals surface area contributed by atoms with Crippen molar-refractivity contribution < 1.29 is 13.2 Å². The standard InChI is InChI=1S/C14H12BrNO3S2/c1-10-9-11(15)4-5-13(10)14(17)16-21(18,19)8-6-12-3-2-7-20-12/h2-9H,1H3,(H,16,17). The van der Waals surface area contributed by atoms with Crippen LogP contribution in [-0.2, 0) is 10.0 Å². The van der Waals surface area contributed by atoms with Gasteiger partial charge in [-0.25, -0.2) is 13.1 Å². The number of halogens is 1. The molecule has 0 saturated heterocycles. The van der Waals surface area contributed by atoms with Gasteiger partial charge in [-0.2, -0.15) is 0 Å². The van der Waals surface area contributed by atoms with Gasteiger partial charge in [0, 0.05) is 14.9 Å². The summed E-state index contributed by atoms with van der Waals surface area (Å²) in [5.41, 5.74) is 1.02. The molecule has 0 atom stereocenters. The molecule has 1 amide bonds. The van der Waals surface area contributed by atoms with Crippen LogP contribution in [0.4, 0.5) is 0 Å². The summed E-state index contributed by atoms with van der Waals surface area (Å²) in [5.74, 6) is -0.643. The van der Waals surface area contributed by atoms with Gasteiger partial charge in [-0.1, -0.05) is 22.0 Å². The number of amides is 1. The molecular weight excluding hydrogens is 374 g/mol. The smallest absolute Gasteiger partial charge is 0.265 e. The van der Waals surface area contributed by atoms with Crippen molar-refractivity contribution in [2.24, 2.45) is 0 Å². The fraction of sp³-hybridized carbons (Fsp3) is 0.0714. The normalized spacial score (nSPS) is 11.7. The largest absolute Gasteiger partial charge is 0.268 e. The van der Waals surface area contributed by atoms with Crippen LogP contribution in [0.5, 0.6) is 0 Å². The molecule has 1 aromatic heterocycles. The molecule has 110 valence electrons. The van der Waals surface area contributed by atoms with Crippen molar-refractivity contribution >= 4 is 49.3 Å². The highest BCUT2D eigenvalue weighted by molar-refractivity contribution is 9.10. The topological polar surface area (TPSA) is 63.2 Å². The third kappa shape index (κ3) is 4.52. The molecular formula is C14H12BrNO3S2.